The lowest BCUT2D eigenvalue weighted by molar-refractivity contribution is 0.0926. The molecule has 0 N–H and O–H groups in total. The molecule has 1 aromatic heterocycles. The highest BCUT2D eigenvalue weighted by molar-refractivity contribution is 9.10. The molecule has 0 aliphatic carbocycles. The number of benzene rings is 1. The lowest BCUT2D eigenvalue weighted by Crippen LogP contribution is -2.29. The molecule has 19 heavy (non-hydrogen) atoms. The Morgan fingerprint density at radius 2 is 1.84 bits per heavy atom. The fourth-order valence-electron chi connectivity index (χ4n) is 1.96. The number of carbonyl (C=O) groups excluding carboxylic acids is 2. The van der Waals surface area contributed by atoms with Crippen molar-refractivity contribution in [2.75, 3.05) is 4.90 Å². The predicted octanol–water partition coefficient (Wildman–Crippen LogP) is 3.30. The van der Waals surface area contributed by atoms with Crippen LogP contribution >= 0.6 is 27.5 Å². The fourth-order valence-corrected chi connectivity index (χ4v) is 2.55. The standard InChI is InChI=1S/C13H6BrClN2O2/c14-10-2-1-7(15)5-11(10)17-12(18)8-3-4-16-6-9(8)13(17)19/h1-6H. The lowest BCUT2D eigenvalue weighted by atomic mass is 10.2. The van der Waals surface area contributed by atoms with Crippen molar-refractivity contribution >= 4 is 45.0 Å². The van der Waals surface area contributed by atoms with Crippen molar-refractivity contribution in [2.24, 2.45) is 0 Å². The van der Waals surface area contributed by atoms with Crippen LogP contribution in [0, 0.1) is 0 Å². The smallest absolute Gasteiger partial charge is 0.267 e. The van der Waals surface area contributed by atoms with Gasteiger partial charge in [-0.05, 0) is 40.2 Å². The van der Waals surface area contributed by atoms with Crippen LogP contribution < -0.4 is 4.90 Å². The summed E-state index contributed by atoms with van der Waals surface area (Å²) in [7, 11) is 0. The van der Waals surface area contributed by atoms with Gasteiger partial charge in [-0.3, -0.25) is 14.6 Å². The molecule has 1 aromatic carbocycles. The summed E-state index contributed by atoms with van der Waals surface area (Å²) in [4.78, 5) is 29.5. The van der Waals surface area contributed by atoms with Gasteiger partial charge in [-0.25, -0.2) is 4.90 Å². The van der Waals surface area contributed by atoms with Gasteiger partial charge < -0.3 is 0 Å². The summed E-state index contributed by atoms with van der Waals surface area (Å²) in [6.07, 6.45) is 2.88. The predicted molar refractivity (Wildman–Crippen MR) is 74.5 cm³/mol. The van der Waals surface area contributed by atoms with E-state index in [-0.39, 0.29) is 5.91 Å². The summed E-state index contributed by atoms with van der Waals surface area (Å²) >= 11 is 9.24. The summed E-state index contributed by atoms with van der Waals surface area (Å²) < 4.78 is 0.624. The second-order valence-electron chi connectivity index (χ2n) is 3.96. The number of aromatic nitrogens is 1. The molecule has 2 amide bonds. The highest BCUT2D eigenvalue weighted by Gasteiger charge is 2.37. The van der Waals surface area contributed by atoms with E-state index < -0.39 is 5.91 Å². The van der Waals surface area contributed by atoms with Crippen molar-refractivity contribution in [3.8, 4) is 0 Å². The van der Waals surface area contributed by atoms with Crippen molar-refractivity contribution in [3.63, 3.8) is 0 Å². The van der Waals surface area contributed by atoms with Crippen molar-refractivity contribution in [2.45, 2.75) is 0 Å². The van der Waals surface area contributed by atoms with Crippen LogP contribution in [0.2, 0.25) is 5.02 Å². The molecule has 3 rings (SSSR count). The average Bonchev–Trinajstić information content (AvgIpc) is 2.66. The van der Waals surface area contributed by atoms with Crippen LogP contribution in [0.4, 0.5) is 5.69 Å². The normalized spacial score (nSPS) is 13.9. The Morgan fingerprint density at radius 3 is 2.58 bits per heavy atom. The Kier molecular flexibility index (Phi) is 2.88. The summed E-state index contributed by atoms with van der Waals surface area (Å²) in [6, 6.07) is 6.48. The van der Waals surface area contributed by atoms with Crippen LogP contribution in [0.15, 0.2) is 41.1 Å². The number of hydrogen-bond acceptors (Lipinski definition) is 3. The average molecular weight is 338 g/mol. The molecule has 0 unspecified atom stereocenters. The van der Waals surface area contributed by atoms with Crippen LogP contribution in [0.5, 0.6) is 0 Å². The van der Waals surface area contributed by atoms with E-state index in [0.29, 0.717) is 26.3 Å². The molecule has 0 fully saturated rings. The highest BCUT2D eigenvalue weighted by atomic mass is 79.9. The van der Waals surface area contributed by atoms with Crippen molar-refractivity contribution in [1.82, 2.24) is 4.98 Å². The van der Waals surface area contributed by atoms with Crippen LogP contribution in [-0.2, 0) is 0 Å². The molecule has 1 aliphatic heterocycles. The van der Waals surface area contributed by atoms with E-state index in [1.54, 1.807) is 18.2 Å². The van der Waals surface area contributed by atoms with Crippen LogP contribution in [0.1, 0.15) is 20.7 Å². The Morgan fingerprint density at radius 1 is 1.11 bits per heavy atom. The first-order valence-corrected chi connectivity index (χ1v) is 6.54. The topological polar surface area (TPSA) is 50.3 Å². The van der Waals surface area contributed by atoms with Crippen LogP contribution in [0.3, 0.4) is 0 Å². The number of carbonyl (C=O) groups is 2. The first-order valence-electron chi connectivity index (χ1n) is 5.37. The summed E-state index contributed by atoms with van der Waals surface area (Å²) in [6.45, 7) is 0. The zero-order valence-electron chi connectivity index (χ0n) is 9.43. The summed E-state index contributed by atoms with van der Waals surface area (Å²) in [5.41, 5.74) is 1.09. The largest absolute Gasteiger partial charge is 0.268 e. The zero-order valence-corrected chi connectivity index (χ0v) is 11.8. The molecular weight excluding hydrogens is 332 g/mol. The Hall–Kier alpha value is -1.72. The first-order chi connectivity index (χ1) is 9.09. The maximum atomic E-state index is 12.3. The molecule has 2 aromatic rings. The van der Waals surface area contributed by atoms with Crippen molar-refractivity contribution < 1.29 is 9.59 Å². The molecule has 4 nitrogen and oxygen atoms in total. The Labute approximate surface area is 122 Å². The number of imide groups is 1. The molecule has 0 bridgehead atoms. The van der Waals surface area contributed by atoms with E-state index in [2.05, 4.69) is 20.9 Å². The number of pyridine rings is 1. The fraction of sp³-hybridized carbons (Fsp3) is 0. The minimum Gasteiger partial charge on any atom is -0.268 e. The third-order valence-corrected chi connectivity index (χ3v) is 3.74. The molecule has 6 heteroatoms. The molecular formula is C13H6BrClN2O2. The van der Waals surface area contributed by atoms with E-state index in [9.17, 15) is 9.59 Å². The quantitative estimate of drug-likeness (QED) is 0.750. The molecule has 0 saturated carbocycles. The van der Waals surface area contributed by atoms with Gasteiger partial charge in [-0.15, -0.1) is 0 Å². The molecule has 0 saturated heterocycles. The first kappa shape index (κ1) is 12.3. The van der Waals surface area contributed by atoms with Gasteiger partial charge in [0.25, 0.3) is 11.8 Å². The number of anilines is 1. The van der Waals surface area contributed by atoms with Gasteiger partial charge in [-0.2, -0.15) is 0 Å². The summed E-state index contributed by atoms with van der Waals surface area (Å²) in [5, 5.41) is 0.452. The van der Waals surface area contributed by atoms with Gasteiger partial charge in [0.1, 0.15) is 0 Å². The van der Waals surface area contributed by atoms with Gasteiger partial charge in [-0.1, -0.05) is 11.6 Å². The number of fused-ring (bicyclic) bond motifs is 1. The van der Waals surface area contributed by atoms with Gasteiger partial charge in [0.15, 0.2) is 0 Å². The van der Waals surface area contributed by atoms with E-state index in [0.717, 1.165) is 4.90 Å². The third-order valence-electron chi connectivity index (χ3n) is 2.84. The van der Waals surface area contributed by atoms with Crippen LogP contribution in [-0.4, -0.2) is 16.8 Å². The molecule has 94 valence electrons. The van der Waals surface area contributed by atoms with Crippen LogP contribution in [0.25, 0.3) is 0 Å². The van der Waals surface area contributed by atoms with E-state index >= 15 is 0 Å². The van der Waals surface area contributed by atoms with E-state index in [4.69, 9.17) is 11.6 Å². The minimum absolute atomic E-state index is 0.305. The monoisotopic (exact) mass is 336 g/mol. The van der Waals surface area contributed by atoms with Gasteiger partial charge in [0.05, 0.1) is 16.8 Å². The Balaban J connectivity index is 2.17. The summed E-state index contributed by atoms with van der Waals surface area (Å²) in [5.74, 6) is -0.763. The second-order valence-corrected chi connectivity index (χ2v) is 5.25. The number of nitrogens with zero attached hydrogens (tertiary/aromatic N) is 2. The molecule has 1 aliphatic rings. The minimum atomic E-state index is -0.393. The third kappa shape index (κ3) is 1.86. The van der Waals surface area contributed by atoms with Gasteiger partial charge >= 0.3 is 0 Å². The maximum Gasteiger partial charge on any atom is 0.267 e. The number of rotatable bonds is 1. The number of amides is 2. The zero-order chi connectivity index (χ0) is 13.6. The highest BCUT2D eigenvalue weighted by Crippen LogP contribution is 2.34. The SMILES string of the molecule is O=C1c2ccncc2C(=O)N1c1cc(Cl)ccc1Br. The second kappa shape index (κ2) is 4.43. The van der Waals surface area contributed by atoms with Gasteiger partial charge in [0.2, 0.25) is 0 Å². The molecule has 0 radical (unpaired) electrons. The Bertz CT molecular complexity index is 683. The van der Waals surface area contributed by atoms with E-state index in [1.807, 2.05) is 0 Å². The maximum absolute atomic E-state index is 12.3. The lowest BCUT2D eigenvalue weighted by Gasteiger charge is -2.15. The van der Waals surface area contributed by atoms with E-state index in [1.165, 1.54) is 18.5 Å². The molecule has 0 spiro atoms. The van der Waals surface area contributed by atoms with Crippen molar-refractivity contribution in [1.29, 1.82) is 0 Å². The van der Waals surface area contributed by atoms with Gasteiger partial charge in [0, 0.05) is 21.9 Å². The number of hydrogen-bond donors (Lipinski definition) is 0. The molecule has 0 atom stereocenters. The molecule has 2 heterocycles. The number of halogens is 2. The van der Waals surface area contributed by atoms with Crippen molar-refractivity contribution in [3.05, 3.63) is 57.3 Å².